The lowest BCUT2D eigenvalue weighted by Crippen LogP contribution is -2.44. The largest absolute Gasteiger partial charge is 0.394 e. The van der Waals surface area contributed by atoms with Gasteiger partial charge in [-0.3, -0.25) is 0 Å². The molecule has 0 radical (unpaired) electrons. The molecule has 0 spiro atoms. The first-order valence-electron chi connectivity index (χ1n) is 7.91. The summed E-state index contributed by atoms with van der Waals surface area (Å²) in [6.45, 7) is 4.16. The van der Waals surface area contributed by atoms with E-state index in [4.69, 9.17) is 11.6 Å². The first-order chi connectivity index (χ1) is 11.5. The molecule has 1 unspecified atom stereocenters. The highest BCUT2D eigenvalue weighted by Gasteiger charge is 2.30. The minimum atomic E-state index is -0.354. The van der Waals surface area contributed by atoms with Crippen LogP contribution in [0.15, 0.2) is 30.3 Å². The monoisotopic (exact) mass is 345 g/mol. The van der Waals surface area contributed by atoms with Crippen LogP contribution in [0.2, 0.25) is 5.15 Å². The normalized spacial score (nSPS) is 16.7. The lowest BCUT2D eigenvalue weighted by molar-refractivity contribution is 0.135. The summed E-state index contributed by atoms with van der Waals surface area (Å²) in [4.78, 5) is 18.6. The van der Waals surface area contributed by atoms with E-state index in [2.05, 4.69) is 10.3 Å². The number of rotatable bonds is 2. The van der Waals surface area contributed by atoms with Crippen LogP contribution in [0.5, 0.6) is 0 Å². The van der Waals surface area contributed by atoms with Crippen molar-refractivity contribution in [2.75, 3.05) is 18.5 Å². The van der Waals surface area contributed by atoms with E-state index in [0.717, 1.165) is 23.2 Å². The molecular formula is C18H20ClN3O2. The Morgan fingerprint density at radius 1 is 1.42 bits per heavy atom. The molecule has 24 heavy (non-hydrogen) atoms. The SMILES string of the molecule is Cc1cc(C)c(NC(=O)N2CCc3ccccc3C2CO)c(Cl)n1. The fourth-order valence-electron chi connectivity index (χ4n) is 3.21. The molecule has 2 aromatic rings. The van der Waals surface area contributed by atoms with Crippen molar-refractivity contribution in [3.63, 3.8) is 0 Å². The Morgan fingerprint density at radius 3 is 2.88 bits per heavy atom. The lowest BCUT2D eigenvalue weighted by Gasteiger charge is -2.36. The quantitative estimate of drug-likeness (QED) is 0.819. The van der Waals surface area contributed by atoms with E-state index in [1.54, 1.807) is 4.90 Å². The Balaban J connectivity index is 1.86. The first kappa shape index (κ1) is 16.7. The van der Waals surface area contributed by atoms with Gasteiger partial charge in [-0.2, -0.15) is 0 Å². The maximum absolute atomic E-state index is 12.8. The number of aryl methyl sites for hydroxylation is 2. The summed E-state index contributed by atoms with van der Waals surface area (Å²) in [6.07, 6.45) is 0.763. The standard InChI is InChI=1S/C18H20ClN3O2/c1-11-9-12(2)20-17(19)16(11)21-18(24)22-8-7-13-5-3-4-6-14(13)15(22)10-23/h3-6,9,15,23H,7-8,10H2,1-2H3,(H,21,24). The number of halogens is 1. The molecule has 3 rings (SSSR count). The third kappa shape index (κ3) is 3.09. The van der Waals surface area contributed by atoms with Crippen molar-refractivity contribution in [1.82, 2.24) is 9.88 Å². The van der Waals surface area contributed by atoms with Gasteiger partial charge in [0.15, 0.2) is 5.15 Å². The predicted octanol–water partition coefficient (Wildman–Crippen LogP) is 3.48. The molecule has 0 bridgehead atoms. The lowest BCUT2D eigenvalue weighted by atomic mass is 9.93. The van der Waals surface area contributed by atoms with Gasteiger partial charge in [0.25, 0.3) is 0 Å². The number of hydrogen-bond acceptors (Lipinski definition) is 3. The molecular weight excluding hydrogens is 326 g/mol. The summed E-state index contributed by atoms with van der Waals surface area (Å²) in [5.41, 5.74) is 4.34. The van der Waals surface area contributed by atoms with Gasteiger partial charge in [-0.1, -0.05) is 35.9 Å². The number of nitrogens with one attached hydrogen (secondary N) is 1. The van der Waals surface area contributed by atoms with Crippen molar-refractivity contribution in [3.05, 3.63) is 57.9 Å². The van der Waals surface area contributed by atoms with E-state index in [9.17, 15) is 9.90 Å². The number of nitrogens with zero attached hydrogens (tertiary/aromatic N) is 2. The number of fused-ring (bicyclic) bond motifs is 1. The Hall–Kier alpha value is -2.11. The molecule has 2 N–H and O–H groups in total. The van der Waals surface area contributed by atoms with Crippen molar-refractivity contribution in [3.8, 4) is 0 Å². The molecule has 1 aromatic carbocycles. The Morgan fingerprint density at radius 2 is 2.17 bits per heavy atom. The molecule has 6 heteroatoms. The fraction of sp³-hybridized carbons (Fsp3) is 0.333. The topological polar surface area (TPSA) is 65.5 Å². The van der Waals surface area contributed by atoms with Crippen molar-refractivity contribution in [2.24, 2.45) is 0 Å². The average Bonchev–Trinajstić information content (AvgIpc) is 2.56. The molecule has 0 fully saturated rings. The predicted molar refractivity (Wildman–Crippen MR) is 94.4 cm³/mol. The second-order valence-corrected chi connectivity index (χ2v) is 6.38. The van der Waals surface area contributed by atoms with E-state index in [1.165, 1.54) is 5.56 Å². The van der Waals surface area contributed by atoms with Gasteiger partial charge >= 0.3 is 6.03 Å². The maximum Gasteiger partial charge on any atom is 0.322 e. The molecule has 2 heterocycles. The molecule has 126 valence electrons. The average molecular weight is 346 g/mol. The first-order valence-corrected chi connectivity index (χ1v) is 8.29. The Bertz CT molecular complexity index is 756. The zero-order valence-corrected chi connectivity index (χ0v) is 14.5. The van der Waals surface area contributed by atoms with Gasteiger partial charge in [0, 0.05) is 12.2 Å². The highest BCUT2D eigenvalue weighted by atomic mass is 35.5. The number of carbonyl (C=O) groups excluding carboxylic acids is 1. The second kappa shape index (κ2) is 6.79. The second-order valence-electron chi connectivity index (χ2n) is 6.02. The Kier molecular flexibility index (Phi) is 4.73. The van der Waals surface area contributed by atoms with Crippen LogP contribution >= 0.6 is 11.6 Å². The summed E-state index contributed by atoms with van der Waals surface area (Å²) in [6, 6.07) is 9.14. The third-order valence-corrected chi connectivity index (χ3v) is 4.65. The highest BCUT2D eigenvalue weighted by molar-refractivity contribution is 6.32. The van der Waals surface area contributed by atoms with Crippen LogP contribution in [0, 0.1) is 13.8 Å². The van der Waals surface area contributed by atoms with Gasteiger partial charge in [-0.15, -0.1) is 0 Å². The summed E-state index contributed by atoms with van der Waals surface area (Å²) in [5, 5.41) is 12.9. The summed E-state index contributed by atoms with van der Waals surface area (Å²) in [7, 11) is 0. The van der Waals surface area contributed by atoms with Crippen molar-refractivity contribution < 1.29 is 9.90 Å². The number of amides is 2. The zero-order valence-electron chi connectivity index (χ0n) is 13.7. The summed E-state index contributed by atoms with van der Waals surface area (Å²) >= 11 is 6.18. The van der Waals surface area contributed by atoms with E-state index in [-0.39, 0.29) is 23.8 Å². The maximum atomic E-state index is 12.8. The van der Waals surface area contributed by atoms with Crippen LogP contribution < -0.4 is 5.32 Å². The van der Waals surface area contributed by atoms with Crippen LogP contribution in [0.3, 0.4) is 0 Å². The molecule has 5 nitrogen and oxygen atoms in total. The summed E-state index contributed by atoms with van der Waals surface area (Å²) < 4.78 is 0. The van der Waals surface area contributed by atoms with E-state index >= 15 is 0 Å². The van der Waals surface area contributed by atoms with Crippen LogP contribution in [0.4, 0.5) is 10.5 Å². The minimum Gasteiger partial charge on any atom is -0.394 e. The van der Waals surface area contributed by atoms with Crippen molar-refractivity contribution >= 4 is 23.3 Å². The summed E-state index contributed by atoms with van der Waals surface area (Å²) in [5.74, 6) is 0. The van der Waals surface area contributed by atoms with Gasteiger partial charge in [-0.05, 0) is 43.0 Å². The van der Waals surface area contributed by atoms with E-state index < -0.39 is 0 Å². The molecule has 1 aliphatic rings. The number of pyridine rings is 1. The van der Waals surface area contributed by atoms with Gasteiger partial charge < -0.3 is 15.3 Å². The van der Waals surface area contributed by atoms with Crippen molar-refractivity contribution in [2.45, 2.75) is 26.3 Å². The number of aliphatic hydroxyl groups excluding tert-OH is 1. The van der Waals surface area contributed by atoms with Gasteiger partial charge in [0.05, 0.1) is 18.3 Å². The molecule has 0 saturated heterocycles. The Labute approximate surface area is 146 Å². The number of anilines is 1. The van der Waals surface area contributed by atoms with E-state index in [0.29, 0.717) is 12.2 Å². The van der Waals surface area contributed by atoms with Gasteiger partial charge in [0.2, 0.25) is 0 Å². The molecule has 1 aliphatic heterocycles. The number of carbonyl (C=O) groups is 1. The van der Waals surface area contributed by atoms with Crippen LogP contribution in [0.25, 0.3) is 0 Å². The number of urea groups is 1. The van der Waals surface area contributed by atoms with Crippen LogP contribution in [-0.4, -0.2) is 34.2 Å². The molecule has 1 aromatic heterocycles. The smallest absolute Gasteiger partial charge is 0.322 e. The van der Waals surface area contributed by atoms with Crippen LogP contribution in [0.1, 0.15) is 28.4 Å². The minimum absolute atomic E-state index is 0.122. The zero-order chi connectivity index (χ0) is 17.3. The van der Waals surface area contributed by atoms with Crippen molar-refractivity contribution in [1.29, 1.82) is 0 Å². The van der Waals surface area contributed by atoms with Gasteiger partial charge in [-0.25, -0.2) is 9.78 Å². The molecule has 2 amide bonds. The molecule has 0 saturated carbocycles. The van der Waals surface area contributed by atoms with Crippen LogP contribution in [-0.2, 0) is 6.42 Å². The number of benzene rings is 1. The molecule has 0 aliphatic carbocycles. The van der Waals surface area contributed by atoms with Gasteiger partial charge in [0.1, 0.15) is 0 Å². The third-order valence-electron chi connectivity index (χ3n) is 4.38. The fourth-order valence-corrected chi connectivity index (χ4v) is 3.54. The number of aliphatic hydroxyl groups is 1. The molecule has 1 atom stereocenters. The number of aromatic nitrogens is 1. The number of hydrogen-bond donors (Lipinski definition) is 2. The van der Waals surface area contributed by atoms with E-state index in [1.807, 2.05) is 44.2 Å². The highest BCUT2D eigenvalue weighted by Crippen LogP contribution is 2.31.